The molecule has 2 bridgehead atoms. The molecule has 2 heterocycles. The molecule has 2 aliphatic heterocycles. The number of carbonyl (C=O) groups is 1. The predicted octanol–water partition coefficient (Wildman–Crippen LogP) is 3.45. The van der Waals surface area contributed by atoms with Crippen molar-refractivity contribution in [2.75, 3.05) is 14.2 Å². The molecule has 0 aromatic heterocycles. The summed E-state index contributed by atoms with van der Waals surface area (Å²) >= 11 is 0. The van der Waals surface area contributed by atoms with E-state index >= 15 is 0 Å². The molecule has 1 aromatic carbocycles. The van der Waals surface area contributed by atoms with Crippen LogP contribution in [0.1, 0.15) is 52.0 Å². The van der Waals surface area contributed by atoms with E-state index in [4.69, 9.17) is 14.2 Å². The van der Waals surface area contributed by atoms with Gasteiger partial charge in [-0.05, 0) is 51.3 Å². The molecule has 6 nitrogen and oxygen atoms in total. The van der Waals surface area contributed by atoms with E-state index in [2.05, 4.69) is 0 Å². The molecule has 144 valence electrons. The fourth-order valence-electron chi connectivity index (χ4n) is 4.15. The third kappa shape index (κ3) is 3.61. The summed E-state index contributed by atoms with van der Waals surface area (Å²) in [6.07, 6.45) is 2.45. The molecule has 2 unspecified atom stereocenters. The number of fused-ring (bicyclic) bond motifs is 2. The Morgan fingerprint density at radius 1 is 1.08 bits per heavy atom. The van der Waals surface area contributed by atoms with E-state index in [1.165, 1.54) is 0 Å². The monoisotopic (exact) mass is 363 g/mol. The van der Waals surface area contributed by atoms with Crippen molar-refractivity contribution in [1.82, 2.24) is 4.90 Å². The SMILES string of the molecule is COc1cc(OC)cc(C2(O)CC3CCC(C2)N3C(=O)OC(C)(C)C)c1. The molecule has 1 aromatic rings. The molecule has 0 saturated carbocycles. The minimum Gasteiger partial charge on any atom is -0.497 e. The van der Waals surface area contributed by atoms with Gasteiger partial charge in [0.25, 0.3) is 0 Å². The highest BCUT2D eigenvalue weighted by molar-refractivity contribution is 5.70. The summed E-state index contributed by atoms with van der Waals surface area (Å²) in [5.41, 5.74) is -0.759. The molecule has 2 aliphatic rings. The molecule has 0 radical (unpaired) electrons. The lowest BCUT2D eigenvalue weighted by Gasteiger charge is -2.44. The van der Waals surface area contributed by atoms with Gasteiger partial charge in [0.15, 0.2) is 0 Å². The summed E-state index contributed by atoms with van der Waals surface area (Å²) in [7, 11) is 3.19. The quantitative estimate of drug-likeness (QED) is 0.891. The second-order valence-electron chi connectivity index (χ2n) is 8.31. The topological polar surface area (TPSA) is 68.2 Å². The van der Waals surface area contributed by atoms with Gasteiger partial charge in [-0.2, -0.15) is 0 Å². The van der Waals surface area contributed by atoms with Crippen molar-refractivity contribution in [3.8, 4) is 11.5 Å². The summed E-state index contributed by atoms with van der Waals surface area (Å²) in [5.74, 6) is 1.30. The van der Waals surface area contributed by atoms with Gasteiger partial charge in [-0.25, -0.2) is 4.79 Å². The van der Waals surface area contributed by atoms with Crippen LogP contribution in [-0.4, -0.2) is 48.0 Å². The van der Waals surface area contributed by atoms with E-state index < -0.39 is 11.2 Å². The van der Waals surface area contributed by atoms with Crippen LogP contribution in [0.2, 0.25) is 0 Å². The van der Waals surface area contributed by atoms with Crippen molar-refractivity contribution in [3.63, 3.8) is 0 Å². The Morgan fingerprint density at radius 3 is 2.00 bits per heavy atom. The van der Waals surface area contributed by atoms with E-state index in [0.29, 0.717) is 24.3 Å². The average Bonchev–Trinajstić information content (AvgIpc) is 2.85. The van der Waals surface area contributed by atoms with Crippen LogP contribution in [0.4, 0.5) is 4.79 Å². The number of hydrogen-bond donors (Lipinski definition) is 1. The minimum atomic E-state index is -1.01. The molecule has 0 aliphatic carbocycles. The maximum absolute atomic E-state index is 12.6. The van der Waals surface area contributed by atoms with Crippen LogP contribution in [0.3, 0.4) is 0 Å². The van der Waals surface area contributed by atoms with Crippen LogP contribution in [-0.2, 0) is 10.3 Å². The van der Waals surface area contributed by atoms with Crippen LogP contribution in [0, 0.1) is 0 Å². The molecule has 6 heteroatoms. The largest absolute Gasteiger partial charge is 0.497 e. The number of amides is 1. The highest BCUT2D eigenvalue weighted by Crippen LogP contribution is 2.47. The van der Waals surface area contributed by atoms with Gasteiger partial charge < -0.3 is 24.2 Å². The molecule has 1 amide bonds. The van der Waals surface area contributed by atoms with E-state index in [1.54, 1.807) is 20.3 Å². The zero-order valence-corrected chi connectivity index (χ0v) is 16.2. The lowest BCUT2D eigenvalue weighted by Crippen LogP contribution is -2.53. The maximum atomic E-state index is 12.6. The van der Waals surface area contributed by atoms with Gasteiger partial charge in [-0.1, -0.05) is 0 Å². The molecular weight excluding hydrogens is 334 g/mol. The third-order valence-corrected chi connectivity index (χ3v) is 5.26. The number of aliphatic hydroxyl groups is 1. The van der Waals surface area contributed by atoms with Crippen LogP contribution in [0.5, 0.6) is 11.5 Å². The Balaban J connectivity index is 1.85. The highest BCUT2D eigenvalue weighted by atomic mass is 16.6. The summed E-state index contributed by atoms with van der Waals surface area (Å²) in [6.45, 7) is 5.61. The van der Waals surface area contributed by atoms with Crippen LogP contribution < -0.4 is 9.47 Å². The number of ether oxygens (including phenoxy) is 3. The number of hydrogen-bond acceptors (Lipinski definition) is 5. The van der Waals surface area contributed by atoms with Gasteiger partial charge in [-0.3, -0.25) is 0 Å². The molecule has 2 atom stereocenters. The van der Waals surface area contributed by atoms with Gasteiger partial charge >= 0.3 is 6.09 Å². The Hall–Kier alpha value is -1.95. The molecule has 0 spiro atoms. The Labute approximate surface area is 155 Å². The van der Waals surface area contributed by atoms with E-state index in [0.717, 1.165) is 18.4 Å². The first-order valence-electron chi connectivity index (χ1n) is 9.12. The first kappa shape index (κ1) is 18.8. The number of benzene rings is 1. The van der Waals surface area contributed by atoms with Gasteiger partial charge in [-0.15, -0.1) is 0 Å². The summed E-state index contributed by atoms with van der Waals surface area (Å²) in [4.78, 5) is 14.4. The number of carbonyl (C=O) groups excluding carboxylic acids is 1. The first-order chi connectivity index (χ1) is 12.1. The second kappa shape index (κ2) is 6.65. The van der Waals surface area contributed by atoms with Crippen molar-refractivity contribution in [2.45, 2.75) is 69.7 Å². The Morgan fingerprint density at radius 2 is 1.58 bits per heavy atom. The number of nitrogens with zero attached hydrogens (tertiary/aromatic N) is 1. The lowest BCUT2D eigenvalue weighted by atomic mass is 9.80. The van der Waals surface area contributed by atoms with Crippen LogP contribution in [0.15, 0.2) is 18.2 Å². The summed E-state index contributed by atoms with van der Waals surface area (Å²) in [6, 6.07) is 5.45. The lowest BCUT2D eigenvalue weighted by molar-refractivity contribution is -0.0626. The third-order valence-electron chi connectivity index (χ3n) is 5.26. The van der Waals surface area contributed by atoms with Crippen molar-refractivity contribution in [2.24, 2.45) is 0 Å². The second-order valence-corrected chi connectivity index (χ2v) is 8.31. The minimum absolute atomic E-state index is 0.0224. The van der Waals surface area contributed by atoms with Crippen molar-refractivity contribution < 1.29 is 24.1 Å². The van der Waals surface area contributed by atoms with Gasteiger partial charge in [0.2, 0.25) is 0 Å². The normalized spacial score (nSPS) is 28.0. The van der Waals surface area contributed by atoms with E-state index in [9.17, 15) is 9.90 Å². The fourth-order valence-corrected chi connectivity index (χ4v) is 4.15. The van der Waals surface area contributed by atoms with Crippen molar-refractivity contribution >= 4 is 6.09 Å². The molecule has 3 rings (SSSR count). The van der Waals surface area contributed by atoms with E-state index in [-0.39, 0.29) is 18.2 Å². The zero-order chi connectivity index (χ0) is 19.1. The number of piperidine rings is 1. The molecular formula is C20H29NO5. The fraction of sp³-hybridized carbons (Fsp3) is 0.650. The zero-order valence-electron chi connectivity index (χ0n) is 16.2. The van der Waals surface area contributed by atoms with Crippen molar-refractivity contribution in [3.05, 3.63) is 23.8 Å². The molecule has 1 N–H and O–H groups in total. The standard InChI is InChI=1S/C20H29NO5/c1-19(2,3)26-18(22)21-14-6-7-15(21)12-20(23,11-14)13-8-16(24-4)10-17(9-13)25-5/h8-10,14-15,23H,6-7,11-12H2,1-5H3. The molecule has 26 heavy (non-hydrogen) atoms. The molecule has 2 fully saturated rings. The summed E-state index contributed by atoms with van der Waals surface area (Å²) in [5, 5.41) is 11.4. The average molecular weight is 363 g/mol. The first-order valence-corrected chi connectivity index (χ1v) is 9.12. The van der Waals surface area contributed by atoms with Crippen LogP contribution >= 0.6 is 0 Å². The predicted molar refractivity (Wildman–Crippen MR) is 97.6 cm³/mol. The maximum Gasteiger partial charge on any atom is 0.410 e. The smallest absolute Gasteiger partial charge is 0.410 e. The Bertz CT molecular complexity index is 645. The van der Waals surface area contributed by atoms with E-state index in [1.807, 2.05) is 37.8 Å². The Kier molecular flexibility index (Phi) is 4.82. The number of methoxy groups -OCH3 is 2. The number of rotatable bonds is 3. The molecule has 2 saturated heterocycles. The highest BCUT2D eigenvalue weighted by Gasteiger charge is 2.51. The van der Waals surface area contributed by atoms with Gasteiger partial charge in [0.05, 0.1) is 19.8 Å². The van der Waals surface area contributed by atoms with Crippen LogP contribution in [0.25, 0.3) is 0 Å². The van der Waals surface area contributed by atoms with Gasteiger partial charge in [0, 0.05) is 31.0 Å². The summed E-state index contributed by atoms with van der Waals surface area (Å²) < 4.78 is 16.3. The van der Waals surface area contributed by atoms with Gasteiger partial charge in [0.1, 0.15) is 17.1 Å². The van der Waals surface area contributed by atoms with Crippen molar-refractivity contribution in [1.29, 1.82) is 0 Å².